The minimum absolute atomic E-state index is 0.0206. The molecule has 0 atom stereocenters. The Hall–Kier alpha value is -2.10. The van der Waals surface area contributed by atoms with Crippen molar-refractivity contribution in [1.29, 1.82) is 5.26 Å². The van der Waals surface area contributed by atoms with Crippen LogP contribution in [0.4, 0.5) is 11.5 Å². The molecule has 0 bridgehead atoms. The van der Waals surface area contributed by atoms with Crippen molar-refractivity contribution < 1.29 is 4.92 Å². The summed E-state index contributed by atoms with van der Waals surface area (Å²) in [4.78, 5) is 12.4. The largest absolute Gasteiger partial charge is 0.350 e. The molecule has 0 amide bonds. The van der Waals surface area contributed by atoms with Gasteiger partial charge >= 0.3 is 5.69 Å². The highest BCUT2D eigenvalue weighted by molar-refractivity contribution is 5.61. The van der Waals surface area contributed by atoms with Crippen LogP contribution < -0.4 is 4.90 Å². The van der Waals surface area contributed by atoms with Gasteiger partial charge in [0.25, 0.3) is 0 Å². The van der Waals surface area contributed by atoms with E-state index in [0.717, 1.165) is 0 Å². The van der Waals surface area contributed by atoms with Crippen molar-refractivity contribution in [3.63, 3.8) is 0 Å². The summed E-state index contributed by atoms with van der Waals surface area (Å²) in [6, 6.07) is 2.04. The van der Waals surface area contributed by atoms with E-state index in [2.05, 4.69) is 5.10 Å². The lowest BCUT2D eigenvalue weighted by atomic mass is 10.3. The fourth-order valence-corrected chi connectivity index (χ4v) is 1.80. The van der Waals surface area contributed by atoms with Crippen LogP contribution in [0.3, 0.4) is 0 Å². The zero-order chi connectivity index (χ0) is 13.0. The molecular formula is C10H15N5O2. The molecule has 0 aliphatic heterocycles. The fraction of sp³-hybridized carbons (Fsp3) is 0.600. The fourth-order valence-electron chi connectivity index (χ4n) is 1.80. The first-order valence-corrected chi connectivity index (χ1v) is 5.32. The van der Waals surface area contributed by atoms with E-state index in [1.54, 1.807) is 18.9 Å². The van der Waals surface area contributed by atoms with Gasteiger partial charge in [-0.2, -0.15) is 10.4 Å². The third-order valence-electron chi connectivity index (χ3n) is 2.52. The van der Waals surface area contributed by atoms with Gasteiger partial charge < -0.3 is 4.90 Å². The SMILES string of the molecule is CCN(CCC#N)c1c([N+](=O)[O-])c(C)nn1C. The molecule has 0 aliphatic carbocycles. The summed E-state index contributed by atoms with van der Waals surface area (Å²) < 4.78 is 1.49. The van der Waals surface area contributed by atoms with Crippen LogP contribution in [-0.2, 0) is 7.05 Å². The van der Waals surface area contributed by atoms with E-state index in [1.807, 2.05) is 13.0 Å². The Labute approximate surface area is 99.4 Å². The van der Waals surface area contributed by atoms with E-state index < -0.39 is 4.92 Å². The van der Waals surface area contributed by atoms with Gasteiger partial charge in [-0.3, -0.25) is 10.1 Å². The molecule has 17 heavy (non-hydrogen) atoms. The van der Waals surface area contributed by atoms with Crippen molar-refractivity contribution in [1.82, 2.24) is 9.78 Å². The van der Waals surface area contributed by atoms with Crippen LogP contribution in [0, 0.1) is 28.4 Å². The van der Waals surface area contributed by atoms with Crippen LogP contribution in [0.2, 0.25) is 0 Å². The van der Waals surface area contributed by atoms with Gasteiger partial charge in [0.2, 0.25) is 5.82 Å². The molecule has 0 aliphatic rings. The van der Waals surface area contributed by atoms with Gasteiger partial charge in [-0.15, -0.1) is 0 Å². The second-order valence-electron chi connectivity index (χ2n) is 3.63. The Balaban J connectivity index is 3.18. The summed E-state index contributed by atoms with van der Waals surface area (Å²) in [5.74, 6) is 0.463. The maximum Gasteiger partial charge on any atom is 0.333 e. The third kappa shape index (κ3) is 2.53. The molecule has 1 heterocycles. The standard InChI is InChI=1S/C10H15N5O2/c1-4-14(7-5-6-11)10-9(15(16)17)8(2)12-13(10)3/h4-5,7H2,1-3H3. The van der Waals surface area contributed by atoms with Crippen LogP contribution in [0.5, 0.6) is 0 Å². The summed E-state index contributed by atoms with van der Waals surface area (Å²) in [6.07, 6.45) is 0.329. The quantitative estimate of drug-likeness (QED) is 0.570. The molecule has 0 saturated heterocycles. The smallest absolute Gasteiger partial charge is 0.333 e. The van der Waals surface area contributed by atoms with Gasteiger partial charge in [-0.05, 0) is 13.8 Å². The number of aryl methyl sites for hydroxylation is 2. The van der Waals surface area contributed by atoms with E-state index in [-0.39, 0.29) is 5.69 Å². The average Bonchev–Trinajstić information content (AvgIpc) is 2.55. The van der Waals surface area contributed by atoms with E-state index in [1.165, 1.54) is 4.68 Å². The number of rotatable bonds is 5. The lowest BCUT2D eigenvalue weighted by Gasteiger charge is -2.20. The number of nitrogens with zero attached hydrogens (tertiary/aromatic N) is 5. The second kappa shape index (κ2) is 5.30. The highest BCUT2D eigenvalue weighted by atomic mass is 16.6. The predicted octanol–water partition coefficient (Wildman–Crippen LogP) is 1.38. The van der Waals surface area contributed by atoms with Crippen molar-refractivity contribution in [2.75, 3.05) is 18.0 Å². The maximum absolute atomic E-state index is 11.0. The lowest BCUT2D eigenvalue weighted by molar-refractivity contribution is -0.384. The Morgan fingerprint density at radius 1 is 1.65 bits per heavy atom. The molecule has 7 heteroatoms. The number of hydrogen-bond donors (Lipinski definition) is 0. The normalized spacial score (nSPS) is 10.0. The summed E-state index contributed by atoms with van der Waals surface area (Å²) in [5.41, 5.74) is 0.412. The molecule has 1 rings (SSSR count). The van der Waals surface area contributed by atoms with Crippen molar-refractivity contribution in [2.24, 2.45) is 7.05 Å². The van der Waals surface area contributed by atoms with Gasteiger partial charge in [0.1, 0.15) is 5.69 Å². The molecule has 0 spiro atoms. The monoisotopic (exact) mass is 237 g/mol. The van der Waals surface area contributed by atoms with Crippen LogP contribution in [0.1, 0.15) is 19.0 Å². The molecule has 92 valence electrons. The van der Waals surface area contributed by atoms with Crippen LogP contribution in [0.25, 0.3) is 0 Å². The van der Waals surface area contributed by atoms with E-state index in [4.69, 9.17) is 5.26 Å². The predicted molar refractivity (Wildman–Crippen MR) is 62.7 cm³/mol. The summed E-state index contributed by atoms with van der Waals surface area (Å²) in [6.45, 7) is 4.57. The molecule has 7 nitrogen and oxygen atoms in total. The molecule has 0 radical (unpaired) electrons. The molecule has 0 N–H and O–H groups in total. The van der Waals surface area contributed by atoms with Crippen molar-refractivity contribution >= 4 is 11.5 Å². The minimum atomic E-state index is -0.424. The van der Waals surface area contributed by atoms with Crippen molar-refractivity contribution in [3.05, 3.63) is 15.8 Å². The van der Waals surface area contributed by atoms with Crippen LogP contribution in [0.15, 0.2) is 0 Å². The molecule has 0 unspecified atom stereocenters. The zero-order valence-corrected chi connectivity index (χ0v) is 10.2. The van der Waals surface area contributed by atoms with Crippen LogP contribution >= 0.6 is 0 Å². The van der Waals surface area contributed by atoms with Crippen LogP contribution in [-0.4, -0.2) is 27.8 Å². The molecule has 0 aromatic carbocycles. The van der Waals surface area contributed by atoms with E-state index >= 15 is 0 Å². The molecular weight excluding hydrogens is 222 g/mol. The zero-order valence-electron chi connectivity index (χ0n) is 10.2. The highest BCUT2D eigenvalue weighted by Gasteiger charge is 2.27. The Kier molecular flexibility index (Phi) is 4.04. The first-order chi connectivity index (χ1) is 8.02. The summed E-state index contributed by atoms with van der Waals surface area (Å²) >= 11 is 0. The minimum Gasteiger partial charge on any atom is -0.350 e. The molecule has 1 aromatic rings. The number of nitriles is 1. The Morgan fingerprint density at radius 2 is 2.29 bits per heavy atom. The summed E-state index contributed by atoms with van der Waals surface area (Å²) in [5, 5.41) is 23.6. The highest BCUT2D eigenvalue weighted by Crippen LogP contribution is 2.30. The Morgan fingerprint density at radius 3 is 2.76 bits per heavy atom. The Bertz CT molecular complexity index is 460. The van der Waals surface area contributed by atoms with Crippen molar-refractivity contribution in [2.45, 2.75) is 20.3 Å². The number of nitro groups is 1. The average molecular weight is 237 g/mol. The molecule has 0 saturated carbocycles. The topological polar surface area (TPSA) is 88.0 Å². The number of anilines is 1. The number of hydrogen-bond acceptors (Lipinski definition) is 5. The first-order valence-electron chi connectivity index (χ1n) is 5.32. The number of aromatic nitrogens is 2. The van der Waals surface area contributed by atoms with Crippen molar-refractivity contribution in [3.8, 4) is 6.07 Å². The van der Waals surface area contributed by atoms with Gasteiger partial charge in [-0.1, -0.05) is 0 Å². The van der Waals surface area contributed by atoms with Gasteiger partial charge in [0.15, 0.2) is 0 Å². The van der Waals surface area contributed by atoms with Gasteiger partial charge in [0, 0.05) is 20.1 Å². The second-order valence-corrected chi connectivity index (χ2v) is 3.63. The van der Waals surface area contributed by atoms with Gasteiger partial charge in [0.05, 0.1) is 17.4 Å². The third-order valence-corrected chi connectivity index (χ3v) is 2.52. The van der Waals surface area contributed by atoms with E-state index in [0.29, 0.717) is 31.0 Å². The molecule has 0 fully saturated rings. The van der Waals surface area contributed by atoms with E-state index in [9.17, 15) is 10.1 Å². The molecule has 1 aromatic heterocycles. The summed E-state index contributed by atoms with van der Waals surface area (Å²) in [7, 11) is 1.67. The lowest BCUT2D eigenvalue weighted by Crippen LogP contribution is -2.26. The maximum atomic E-state index is 11.0. The first kappa shape index (κ1) is 13.0. The van der Waals surface area contributed by atoms with Gasteiger partial charge in [-0.25, -0.2) is 4.68 Å².